The summed E-state index contributed by atoms with van der Waals surface area (Å²) in [6, 6.07) is 5.12. The highest BCUT2D eigenvalue weighted by Gasteiger charge is 2.18. The van der Waals surface area contributed by atoms with Crippen molar-refractivity contribution in [1.82, 2.24) is 5.32 Å². The van der Waals surface area contributed by atoms with Crippen molar-refractivity contribution in [3.63, 3.8) is 0 Å². The zero-order valence-electron chi connectivity index (χ0n) is 7.86. The van der Waals surface area contributed by atoms with Gasteiger partial charge in [-0.1, -0.05) is 0 Å². The Morgan fingerprint density at radius 1 is 1.50 bits per heavy atom. The van der Waals surface area contributed by atoms with E-state index in [4.69, 9.17) is 10.5 Å². The molecule has 14 heavy (non-hydrogen) atoms. The SMILES string of the molecule is Nc1ccc(O)c([C@@H]2COCCN2)c1. The van der Waals surface area contributed by atoms with Crippen molar-refractivity contribution in [3.8, 4) is 5.75 Å². The van der Waals surface area contributed by atoms with Crippen molar-refractivity contribution in [2.45, 2.75) is 6.04 Å². The summed E-state index contributed by atoms with van der Waals surface area (Å²) in [7, 11) is 0. The molecule has 0 aliphatic carbocycles. The summed E-state index contributed by atoms with van der Waals surface area (Å²) >= 11 is 0. The minimum atomic E-state index is 0.0484. The number of phenolic OH excluding ortho intramolecular Hbond substituents is 1. The zero-order chi connectivity index (χ0) is 9.97. The maximum atomic E-state index is 9.64. The van der Waals surface area contributed by atoms with Crippen LogP contribution in [0, 0.1) is 0 Å². The molecule has 4 N–H and O–H groups in total. The Morgan fingerprint density at radius 2 is 2.36 bits per heavy atom. The summed E-state index contributed by atoms with van der Waals surface area (Å²) < 4.78 is 5.32. The summed E-state index contributed by atoms with van der Waals surface area (Å²) in [4.78, 5) is 0. The monoisotopic (exact) mass is 194 g/mol. The molecule has 1 fully saturated rings. The van der Waals surface area contributed by atoms with Gasteiger partial charge in [0.15, 0.2) is 0 Å². The molecule has 1 atom stereocenters. The van der Waals surface area contributed by atoms with Crippen LogP contribution in [0.15, 0.2) is 18.2 Å². The van der Waals surface area contributed by atoms with Gasteiger partial charge < -0.3 is 20.9 Å². The number of rotatable bonds is 1. The minimum Gasteiger partial charge on any atom is -0.508 e. The van der Waals surface area contributed by atoms with Gasteiger partial charge in [-0.15, -0.1) is 0 Å². The molecule has 0 aromatic heterocycles. The second-order valence-electron chi connectivity index (χ2n) is 3.40. The van der Waals surface area contributed by atoms with Crippen LogP contribution in [-0.4, -0.2) is 24.9 Å². The van der Waals surface area contributed by atoms with E-state index in [-0.39, 0.29) is 11.8 Å². The topological polar surface area (TPSA) is 67.5 Å². The van der Waals surface area contributed by atoms with Crippen molar-refractivity contribution >= 4 is 5.69 Å². The molecule has 1 aromatic rings. The Balaban J connectivity index is 2.24. The first-order chi connectivity index (χ1) is 6.77. The lowest BCUT2D eigenvalue weighted by Gasteiger charge is -2.24. The standard InChI is InChI=1S/C10H14N2O2/c11-7-1-2-10(13)8(5-7)9-6-14-4-3-12-9/h1-2,5,9,12-13H,3-4,6,11H2/t9-/m0/s1. The van der Waals surface area contributed by atoms with Gasteiger partial charge >= 0.3 is 0 Å². The molecule has 1 heterocycles. The molecule has 0 radical (unpaired) electrons. The second kappa shape index (κ2) is 3.86. The minimum absolute atomic E-state index is 0.0484. The van der Waals surface area contributed by atoms with Crippen LogP contribution in [0.2, 0.25) is 0 Å². The predicted molar refractivity (Wildman–Crippen MR) is 54.1 cm³/mol. The fourth-order valence-corrected chi connectivity index (χ4v) is 1.62. The first-order valence-corrected chi connectivity index (χ1v) is 4.67. The number of hydrogen-bond donors (Lipinski definition) is 3. The summed E-state index contributed by atoms with van der Waals surface area (Å²) in [5.74, 6) is 0.266. The van der Waals surface area contributed by atoms with Gasteiger partial charge in [0.2, 0.25) is 0 Å². The zero-order valence-corrected chi connectivity index (χ0v) is 7.86. The predicted octanol–water partition coefficient (Wildman–Crippen LogP) is 0.635. The first kappa shape index (κ1) is 9.30. The van der Waals surface area contributed by atoms with Gasteiger partial charge in [0, 0.05) is 17.8 Å². The summed E-state index contributed by atoms with van der Waals surface area (Å²) in [6.45, 7) is 2.11. The summed E-state index contributed by atoms with van der Waals surface area (Å²) in [5.41, 5.74) is 7.12. The van der Waals surface area contributed by atoms with Crippen LogP contribution >= 0.6 is 0 Å². The quantitative estimate of drug-likeness (QED) is 0.453. The number of hydrogen-bond acceptors (Lipinski definition) is 4. The highest BCUT2D eigenvalue weighted by molar-refractivity contribution is 5.48. The molecule has 1 aliphatic heterocycles. The fraction of sp³-hybridized carbons (Fsp3) is 0.400. The van der Waals surface area contributed by atoms with Gasteiger partial charge in [0.25, 0.3) is 0 Å². The van der Waals surface area contributed by atoms with E-state index in [2.05, 4.69) is 5.32 Å². The molecule has 4 nitrogen and oxygen atoms in total. The van der Waals surface area contributed by atoms with Crippen LogP contribution in [0.5, 0.6) is 5.75 Å². The molecule has 1 saturated heterocycles. The van der Waals surface area contributed by atoms with Crippen LogP contribution in [-0.2, 0) is 4.74 Å². The summed E-state index contributed by atoms with van der Waals surface area (Å²) in [6.07, 6.45) is 0. The van der Waals surface area contributed by atoms with Gasteiger partial charge in [0.1, 0.15) is 5.75 Å². The highest BCUT2D eigenvalue weighted by atomic mass is 16.5. The number of nitrogens with two attached hydrogens (primary N) is 1. The van der Waals surface area contributed by atoms with E-state index in [9.17, 15) is 5.11 Å². The van der Waals surface area contributed by atoms with E-state index < -0.39 is 0 Å². The largest absolute Gasteiger partial charge is 0.508 e. The average molecular weight is 194 g/mol. The maximum Gasteiger partial charge on any atom is 0.120 e. The number of ether oxygens (including phenoxy) is 1. The Morgan fingerprint density at radius 3 is 3.07 bits per heavy atom. The van der Waals surface area contributed by atoms with E-state index in [0.717, 1.165) is 18.7 Å². The van der Waals surface area contributed by atoms with E-state index >= 15 is 0 Å². The van der Waals surface area contributed by atoms with Crippen molar-refractivity contribution in [2.24, 2.45) is 0 Å². The molecule has 0 bridgehead atoms. The first-order valence-electron chi connectivity index (χ1n) is 4.67. The molecule has 76 valence electrons. The van der Waals surface area contributed by atoms with E-state index in [1.165, 1.54) is 0 Å². The molecular weight excluding hydrogens is 180 g/mol. The smallest absolute Gasteiger partial charge is 0.120 e. The van der Waals surface area contributed by atoms with Crippen molar-refractivity contribution < 1.29 is 9.84 Å². The number of phenols is 1. The third kappa shape index (κ3) is 1.81. The molecule has 1 aromatic carbocycles. The van der Waals surface area contributed by atoms with E-state index in [1.54, 1.807) is 18.2 Å². The lowest BCUT2D eigenvalue weighted by molar-refractivity contribution is 0.0761. The molecule has 1 aliphatic rings. The van der Waals surface area contributed by atoms with Gasteiger partial charge in [-0.25, -0.2) is 0 Å². The number of nitrogen functional groups attached to an aromatic ring is 1. The van der Waals surface area contributed by atoms with Crippen LogP contribution < -0.4 is 11.1 Å². The lowest BCUT2D eigenvalue weighted by atomic mass is 10.0. The number of benzene rings is 1. The fourth-order valence-electron chi connectivity index (χ4n) is 1.62. The molecule has 0 unspecified atom stereocenters. The molecule has 2 rings (SSSR count). The third-order valence-corrected chi connectivity index (χ3v) is 2.35. The van der Waals surface area contributed by atoms with Gasteiger partial charge in [0.05, 0.1) is 19.3 Å². The van der Waals surface area contributed by atoms with Crippen molar-refractivity contribution in [1.29, 1.82) is 0 Å². The maximum absolute atomic E-state index is 9.64. The van der Waals surface area contributed by atoms with Crippen LogP contribution in [0.4, 0.5) is 5.69 Å². The highest BCUT2D eigenvalue weighted by Crippen LogP contribution is 2.27. The van der Waals surface area contributed by atoms with E-state index in [0.29, 0.717) is 12.3 Å². The molecule has 0 amide bonds. The van der Waals surface area contributed by atoms with Gasteiger partial charge in [-0.05, 0) is 18.2 Å². The lowest BCUT2D eigenvalue weighted by Crippen LogP contribution is -2.34. The summed E-state index contributed by atoms with van der Waals surface area (Å²) in [5, 5.41) is 12.9. The number of morpholine rings is 1. The number of anilines is 1. The molecular formula is C10H14N2O2. The third-order valence-electron chi connectivity index (χ3n) is 2.35. The van der Waals surface area contributed by atoms with Gasteiger partial charge in [-0.2, -0.15) is 0 Å². The Bertz CT molecular complexity index is 322. The van der Waals surface area contributed by atoms with Crippen LogP contribution in [0.3, 0.4) is 0 Å². The Kier molecular flexibility index (Phi) is 2.56. The van der Waals surface area contributed by atoms with E-state index in [1.807, 2.05) is 0 Å². The van der Waals surface area contributed by atoms with Gasteiger partial charge in [-0.3, -0.25) is 0 Å². The Hall–Kier alpha value is -1.26. The normalized spacial score (nSPS) is 22.1. The average Bonchev–Trinajstić information content (AvgIpc) is 2.23. The van der Waals surface area contributed by atoms with Crippen molar-refractivity contribution in [3.05, 3.63) is 23.8 Å². The van der Waals surface area contributed by atoms with Crippen LogP contribution in [0.25, 0.3) is 0 Å². The Labute approximate surface area is 82.7 Å². The van der Waals surface area contributed by atoms with Crippen molar-refractivity contribution in [2.75, 3.05) is 25.5 Å². The molecule has 0 saturated carbocycles. The molecule has 4 heteroatoms. The second-order valence-corrected chi connectivity index (χ2v) is 3.40. The molecule has 0 spiro atoms. The van der Waals surface area contributed by atoms with Crippen LogP contribution in [0.1, 0.15) is 11.6 Å². The number of aromatic hydroxyl groups is 1. The number of nitrogens with one attached hydrogen (secondary N) is 1.